The van der Waals surface area contributed by atoms with Crippen molar-refractivity contribution in [1.29, 1.82) is 0 Å². The smallest absolute Gasteiger partial charge is 0.138 e. The molecule has 0 radical (unpaired) electrons. The van der Waals surface area contributed by atoms with Crippen molar-refractivity contribution in [2.45, 2.75) is 91.6 Å². The summed E-state index contributed by atoms with van der Waals surface area (Å²) in [6.07, 6.45) is 10.8. The van der Waals surface area contributed by atoms with E-state index in [0.717, 1.165) is 43.7 Å². The Labute approximate surface area is 165 Å². The average molecular weight is 376 g/mol. The van der Waals surface area contributed by atoms with Crippen LogP contribution in [0.5, 0.6) is 0 Å². The summed E-state index contributed by atoms with van der Waals surface area (Å²) in [5, 5.41) is 0. The second-order valence-electron chi connectivity index (χ2n) is 8.64. The van der Waals surface area contributed by atoms with Crippen molar-refractivity contribution < 1.29 is 14.2 Å². The van der Waals surface area contributed by atoms with E-state index in [2.05, 4.69) is 52.3 Å². The van der Waals surface area contributed by atoms with Gasteiger partial charge in [0.1, 0.15) is 11.9 Å². The van der Waals surface area contributed by atoms with Gasteiger partial charge in [-0.3, -0.25) is 0 Å². The lowest BCUT2D eigenvalue weighted by Gasteiger charge is -2.36. The Balaban J connectivity index is 1.71. The molecule has 0 aromatic carbocycles. The molecule has 1 saturated carbocycles. The van der Waals surface area contributed by atoms with Crippen LogP contribution in [-0.4, -0.2) is 37.2 Å². The zero-order valence-electron chi connectivity index (χ0n) is 17.9. The molecule has 1 fully saturated rings. The first-order chi connectivity index (χ1) is 12.8. The molecule has 4 nitrogen and oxygen atoms in total. The normalized spacial score (nSPS) is 24.3. The van der Waals surface area contributed by atoms with Gasteiger partial charge in [-0.15, -0.1) is 0 Å². The van der Waals surface area contributed by atoms with Gasteiger partial charge in [-0.05, 0) is 64.5 Å². The summed E-state index contributed by atoms with van der Waals surface area (Å²) >= 11 is 0. The minimum absolute atomic E-state index is 0.238. The molecule has 2 aliphatic rings. The van der Waals surface area contributed by atoms with Gasteiger partial charge in [0.05, 0.1) is 30.2 Å². The van der Waals surface area contributed by atoms with E-state index in [1.807, 2.05) is 18.4 Å². The highest BCUT2D eigenvalue weighted by atomic mass is 16.5. The van der Waals surface area contributed by atoms with E-state index < -0.39 is 0 Å². The molecule has 2 atom stereocenters. The largest absolute Gasteiger partial charge is 0.489 e. The van der Waals surface area contributed by atoms with Crippen LogP contribution in [0.3, 0.4) is 0 Å². The molecular weight excluding hydrogens is 338 g/mol. The number of ether oxygens (including phenoxy) is 3. The van der Waals surface area contributed by atoms with Crippen molar-refractivity contribution in [3.63, 3.8) is 0 Å². The third kappa shape index (κ3) is 8.47. The topological polar surface area (TPSA) is 40.0 Å². The van der Waals surface area contributed by atoms with E-state index >= 15 is 0 Å². The van der Waals surface area contributed by atoms with Crippen molar-refractivity contribution in [1.82, 2.24) is 0 Å². The lowest BCUT2D eigenvalue weighted by Crippen LogP contribution is -2.38. The van der Waals surface area contributed by atoms with Gasteiger partial charge in [-0.2, -0.15) is 0 Å². The van der Waals surface area contributed by atoms with Gasteiger partial charge in [-0.1, -0.05) is 19.6 Å². The molecule has 0 saturated heterocycles. The summed E-state index contributed by atoms with van der Waals surface area (Å²) in [5.74, 6) is 1.92. The van der Waals surface area contributed by atoms with Crippen molar-refractivity contribution in [3.05, 3.63) is 29.3 Å². The summed E-state index contributed by atoms with van der Waals surface area (Å²) in [6.45, 7) is 13.7. The maximum Gasteiger partial charge on any atom is 0.138 e. The predicted octanol–water partition coefficient (Wildman–Crippen LogP) is 5.44. The summed E-state index contributed by atoms with van der Waals surface area (Å²) in [4.78, 5) is 4.60. The molecule has 0 bridgehead atoms. The molecular formula is C23H37NO3. The van der Waals surface area contributed by atoms with Crippen LogP contribution < -0.4 is 0 Å². The lowest BCUT2D eigenvalue weighted by molar-refractivity contribution is -0.0993. The number of hydrogen-bond donors (Lipinski definition) is 0. The van der Waals surface area contributed by atoms with Crippen LogP contribution in [0, 0.1) is 11.8 Å². The zero-order chi connectivity index (χ0) is 19.8. The van der Waals surface area contributed by atoms with Crippen LogP contribution in [0.4, 0.5) is 0 Å². The Bertz CT molecular complexity index is 578. The summed E-state index contributed by atoms with van der Waals surface area (Å²) < 4.78 is 17.5. The molecule has 1 aliphatic carbocycles. The highest BCUT2D eigenvalue weighted by Gasteiger charge is 2.32. The Hall–Kier alpha value is -1.35. The highest BCUT2D eigenvalue weighted by molar-refractivity contribution is 5.77. The maximum absolute atomic E-state index is 6.02. The molecule has 4 heteroatoms. The molecule has 0 amide bonds. The minimum Gasteiger partial charge on any atom is -0.489 e. The minimum atomic E-state index is 0.238. The van der Waals surface area contributed by atoms with Crippen LogP contribution in [0.1, 0.15) is 67.2 Å². The lowest BCUT2D eigenvalue weighted by atomic mass is 9.91. The molecule has 0 N–H and O–H groups in total. The van der Waals surface area contributed by atoms with Gasteiger partial charge < -0.3 is 14.2 Å². The van der Waals surface area contributed by atoms with Crippen LogP contribution in [0.2, 0.25) is 0 Å². The first kappa shape index (κ1) is 21.9. The van der Waals surface area contributed by atoms with Crippen LogP contribution in [0.15, 0.2) is 34.3 Å². The third-order valence-electron chi connectivity index (χ3n) is 4.72. The van der Waals surface area contributed by atoms with E-state index in [1.165, 1.54) is 0 Å². The van der Waals surface area contributed by atoms with Crippen molar-refractivity contribution in [3.8, 4) is 0 Å². The quantitative estimate of drug-likeness (QED) is 0.451. The van der Waals surface area contributed by atoms with Gasteiger partial charge in [0.25, 0.3) is 0 Å². The van der Waals surface area contributed by atoms with E-state index in [4.69, 9.17) is 14.2 Å². The molecule has 152 valence electrons. The van der Waals surface area contributed by atoms with Crippen LogP contribution >= 0.6 is 0 Å². The number of hydrogen-bond acceptors (Lipinski definition) is 4. The number of rotatable bonds is 11. The van der Waals surface area contributed by atoms with Gasteiger partial charge in [0.15, 0.2) is 0 Å². The van der Waals surface area contributed by atoms with Gasteiger partial charge >= 0.3 is 0 Å². The first-order valence-corrected chi connectivity index (χ1v) is 10.5. The standard InChI is InChI=1S/C23H37NO3/c1-16(2)25-15-19(6)10-18(5)11-20-8-7-9-21(14-24-20)27-23-12-22(13-23)26-17(3)4/h7,9,14,16-19,22-23H,10-13,15H2,1-6H3. The zero-order valence-corrected chi connectivity index (χ0v) is 17.9. The molecule has 1 aliphatic heterocycles. The average Bonchev–Trinajstić information content (AvgIpc) is 2.75. The SMILES string of the molecule is CC(COC(C)C)CC(C)CC1=C=CC=C(OC2CC(OC(C)C)C2)C=N1. The Morgan fingerprint density at radius 3 is 2.44 bits per heavy atom. The van der Waals surface area contributed by atoms with E-state index in [-0.39, 0.29) is 12.2 Å². The summed E-state index contributed by atoms with van der Waals surface area (Å²) in [5.41, 5.74) is 4.28. The summed E-state index contributed by atoms with van der Waals surface area (Å²) in [7, 11) is 0. The number of aliphatic imine (C=N–C) groups is 1. The molecule has 2 rings (SSSR count). The van der Waals surface area contributed by atoms with Crippen LogP contribution in [0.25, 0.3) is 0 Å². The molecule has 27 heavy (non-hydrogen) atoms. The first-order valence-electron chi connectivity index (χ1n) is 10.5. The van der Waals surface area contributed by atoms with E-state index in [9.17, 15) is 0 Å². The predicted molar refractivity (Wildman–Crippen MR) is 111 cm³/mol. The van der Waals surface area contributed by atoms with Gasteiger partial charge in [0.2, 0.25) is 0 Å². The summed E-state index contributed by atoms with van der Waals surface area (Å²) in [6, 6.07) is 0. The monoisotopic (exact) mass is 375 g/mol. The third-order valence-corrected chi connectivity index (χ3v) is 4.72. The van der Waals surface area contributed by atoms with Crippen molar-refractivity contribution in [2.24, 2.45) is 16.8 Å². The van der Waals surface area contributed by atoms with E-state index in [1.54, 1.807) is 0 Å². The maximum atomic E-state index is 6.02. The Kier molecular flexibility index (Phi) is 8.82. The van der Waals surface area contributed by atoms with Gasteiger partial charge in [-0.25, -0.2) is 4.99 Å². The van der Waals surface area contributed by atoms with Crippen LogP contribution in [-0.2, 0) is 14.2 Å². The highest BCUT2D eigenvalue weighted by Crippen LogP contribution is 2.29. The second kappa shape index (κ2) is 10.8. The number of nitrogens with zero attached hydrogens (tertiary/aromatic N) is 1. The van der Waals surface area contributed by atoms with Gasteiger partial charge in [0, 0.05) is 19.4 Å². The number of allylic oxidation sites excluding steroid dienone is 3. The Morgan fingerprint density at radius 1 is 1.04 bits per heavy atom. The molecule has 0 aromatic rings. The second-order valence-corrected chi connectivity index (χ2v) is 8.64. The van der Waals surface area contributed by atoms with Crippen molar-refractivity contribution >= 4 is 6.21 Å². The van der Waals surface area contributed by atoms with Crippen molar-refractivity contribution in [2.75, 3.05) is 6.61 Å². The molecule has 0 aromatic heterocycles. The molecule has 1 heterocycles. The fourth-order valence-corrected chi connectivity index (χ4v) is 3.45. The fourth-order valence-electron chi connectivity index (χ4n) is 3.45. The molecule has 0 spiro atoms. The fraction of sp³-hybridized carbons (Fsp3) is 0.739. The Morgan fingerprint density at radius 2 is 1.78 bits per heavy atom. The van der Waals surface area contributed by atoms with E-state index in [0.29, 0.717) is 24.0 Å². The molecule has 2 unspecified atom stereocenters.